The monoisotopic (exact) mass is 251 g/mol. The van der Waals surface area contributed by atoms with Crippen molar-refractivity contribution in [3.63, 3.8) is 0 Å². The molecule has 1 N–H and O–H groups in total. The molecule has 1 saturated heterocycles. The van der Waals surface area contributed by atoms with Gasteiger partial charge in [0.05, 0.1) is 6.61 Å². The molecule has 0 spiro atoms. The van der Waals surface area contributed by atoms with Crippen LogP contribution in [0.1, 0.15) is 39.0 Å². The van der Waals surface area contributed by atoms with Crippen LogP contribution in [0.4, 0.5) is 0 Å². The van der Waals surface area contributed by atoms with Crippen LogP contribution in [0.15, 0.2) is 12.2 Å². The predicted octanol–water partition coefficient (Wildman–Crippen LogP) is 2.52. The van der Waals surface area contributed by atoms with E-state index in [4.69, 9.17) is 4.74 Å². The van der Waals surface area contributed by atoms with Crippen molar-refractivity contribution in [3.05, 3.63) is 12.2 Å². The van der Waals surface area contributed by atoms with E-state index in [1.807, 2.05) is 6.08 Å². The summed E-state index contributed by atoms with van der Waals surface area (Å²) in [5.41, 5.74) is 0. The summed E-state index contributed by atoms with van der Waals surface area (Å²) in [5.74, 6) is 2.46. The molecule has 0 aromatic rings. The zero-order chi connectivity index (χ0) is 12.8. The highest BCUT2D eigenvalue weighted by molar-refractivity contribution is 5.87. The zero-order valence-electron chi connectivity index (χ0n) is 11.4. The molecule has 0 aromatic carbocycles. The molecule has 1 heterocycles. The molecule has 2 fully saturated rings. The molecular formula is C15H25NO2. The first-order valence-corrected chi connectivity index (χ1v) is 7.31. The summed E-state index contributed by atoms with van der Waals surface area (Å²) in [4.78, 5) is 11.5. The molecule has 2 aliphatic rings. The van der Waals surface area contributed by atoms with Gasteiger partial charge < -0.3 is 10.1 Å². The van der Waals surface area contributed by atoms with Crippen molar-refractivity contribution in [1.82, 2.24) is 5.32 Å². The topological polar surface area (TPSA) is 38.3 Å². The third kappa shape index (κ3) is 4.45. The van der Waals surface area contributed by atoms with E-state index < -0.39 is 0 Å². The Balaban J connectivity index is 1.50. The summed E-state index contributed by atoms with van der Waals surface area (Å²) >= 11 is 0. The fraction of sp³-hybridized carbons (Fsp3) is 0.800. The van der Waals surface area contributed by atoms with Gasteiger partial charge in [-0.05, 0) is 43.6 Å². The molecule has 0 bridgehead atoms. The summed E-state index contributed by atoms with van der Waals surface area (Å²) in [7, 11) is 0. The van der Waals surface area contributed by atoms with Gasteiger partial charge in [-0.25, -0.2) is 0 Å². The predicted molar refractivity (Wildman–Crippen MR) is 72.2 cm³/mol. The van der Waals surface area contributed by atoms with Gasteiger partial charge in [-0.3, -0.25) is 4.79 Å². The first kappa shape index (κ1) is 13.6. The Hall–Kier alpha value is -0.830. The Morgan fingerprint density at radius 1 is 1.44 bits per heavy atom. The van der Waals surface area contributed by atoms with E-state index in [-0.39, 0.29) is 5.91 Å². The van der Waals surface area contributed by atoms with E-state index in [0.29, 0.717) is 5.92 Å². The maximum absolute atomic E-state index is 11.5. The number of rotatable bonds is 7. The average Bonchev–Trinajstić information content (AvgIpc) is 2.93. The molecule has 0 aromatic heterocycles. The van der Waals surface area contributed by atoms with Crippen LogP contribution in [-0.4, -0.2) is 25.7 Å². The van der Waals surface area contributed by atoms with Crippen LogP contribution in [0, 0.1) is 17.8 Å². The molecule has 1 aliphatic heterocycles. The largest absolute Gasteiger partial charge is 0.381 e. The lowest BCUT2D eigenvalue weighted by atomic mass is 10.1. The molecule has 18 heavy (non-hydrogen) atoms. The van der Waals surface area contributed by atoms with Gasteiger partial charge in [-0.1, -0.05) is 19.4 Å². The number of hydrogen-bond donors (Lipinski definition) is 1. The highest BCUT2D eigenvalue weighted by atomic mass is 16.5. The van der Waals surface area contributed by atoms with Gasteiger partial charge in [0.2, 0.25) is 5.91 Å². The number of nitrogens with one attached hydrogen (secondary N) is 1. The van der Waals surface area contributed by atoms with Crippen molar-refractivity contribution in [2.75, 3.05) is 19.8 Å². The second kappa shape index (κ2) is 6.93. The van der Waals surface area contributed by atoms with Crippen molar-refractivity contribution in [1.29, 1.82) is 0 Å². The first-order chi connectivity index (χ1) is 8.79. The molecule has 3 heteroatoms. The molecule has 2 rings (SSSR count). The van der Waals surface area contributed by atoms with Gasteiger partial charge in [0.25, 0.3) is 0 Å². The minimum atomic E-state index is 0.0461. The van der Waals surface area contributed by atoms with Crippen LogP contribution in [0.3, 0.4) is 0 Å². The summed E-state index contributed by atoms with van der Waals surface area (Å²) in [6, 6.07) is 0. The number of allylic oxidation sites excluding steroid dienone is 1. The summed E-state index contributed by atoms with van der Waals surface area (Å²) in [5, 5.41) is 2.94. The third-order valence-electron chi connectivity index (χ3n) is 4.16. The number of carbonyl (C=O) groups is 1. The fourth-order valence-corrected chi connectivity index (χ4v) is 2.71. The van der Waals surface area contributed by atoms with Crippen LogP contribution < -0.4 is 5.32 Å². The fourth-order valence-electron chi connectivity index (χ4n) is 2.71. The van der Waals surface area contributed by atoms with Gasteiger partial charge in [0.15, 0.2) is 0 Å². The molecular weight excluding hydrogens is 226 g/mol. The van der Waals surface area contributed by atoms with Crippen LogP contribution in [0.5, 0.6) is 0 Å². The van der Waals surface area contributed by atoms with Crippen LogP contribution in [0.25, 0.3) is 0 Å². The van der Waals surface area contributed by atoms with Crippen LogP contribution >= 0.6 is 0 Å². The highest BCUT2D eigenvalue weighted by Crippen LogP contribution is 2.44. The molecule has 3 nitrogen and oxygen atoms in total. The van der Waals surface area contributed by atoms with E-state index >= 15 is 0 Å². The van der Waals surface area contributed by atoms with Gasteiger partial charge >= 0.3 is 0 Å². The van der Waals surface area contributed by atoms with Crippen molar-refractivity contribution in [3.8, 4) is 0 Å². The second-order valence-corrected chi connectivity index (χ2v) is 5.62. The maximum Gasteiger partial charge on any atom is 0.243 e. The van der Waals surface area contributed by atoms with Crippen molar-refractivity contribution in [2.45, 2.75) is 39.0 Å². The van der Waals surface area contributed by atoms with Crippen molar-refractivity contribution < 1.29 is 9.53 Å². The van der Waals surface area contributed by atoms with Gasteiger partial charge in [0.1, 0.15) is 0 Å². The molecule has 1 amide bonds. The lowest BCUT2D eigenvalue weighted by molar-refractivity contribution is -0.116. The van der Waals surface area contributed by atoms with Gasteiger partial charge in [0, 0.05) is 19.1 Å². The maximum atomic E-state index is 11.5. The summed E-state index contributed by atoms with van der Waals surface area (Å²) < 4.78 is 5.27. The minimum Gasteiger partial charge on any atom is -0.381 e. The molecule has 3 unspecified atom stereocenters. The SMILES string of the molecule is CCC1CC1CC/C=C/C(=O)NCC1CCOC1. The Kier molecular flexibility index (Phi) is 5.24. The van der Waals surface area contributed by atoms with Crippen molar-refractivity contribution in [2.24, 2.45) is 17.8 Å². The van der Waals surface area contributed by atoms with E-state index in [9.17, 15) is 4.79 Å². The lowest BCUT2D eigenvalue weighted by Gasteiger charge is -2.07. The van der Waals surface area contributed by atoms with Crippen molar-refractivity contribution >= 4 is 5.91 Å². The quantitative estimate of drug-likeness (QED) is 0.706. The number of carbonyl (C=O) groups excluding carboxylic acids is 1. The zero-order valence-corrected chi connectivity index (χ0v) is 11.4. The Morgan fingerprint density at radius 2 is 2.33 bits per heavy atom. The molecule has 1 aliphatic carbocycles. The van der Waals surface area contributed by atoms with Crippen LogP contribution in [0.2, 0.25) is 0 Å². The van der Waals surface area contributed by atoms with Gasteiger partial charge in [-0.2, -0.15) is 0 Å². The molecule has 102 valence electrons. The number of amides is 1. The molecule has 1 saturated carbocycles. The molecule has 0 radical (unpaired) electrons. The van der Waals surface area contributed by atoms with E-state index in [1.54, 1.807) is 6.08 Å². The Bertz CT molecular complexity index is 295. The first-order valence-electron chi connectivity index (χ1n) is 7.31. The van der Waals surface area contributed by atoms with Crippen LogP contribution in [-0.2, 0) is 9.53 Å². The standard InChI is InChI=1S/C15H25NO2/c1-2-13-9-14(13)5-3-4-6-15(17)16-10-12-7-8-18-11-12/h4,6,12-14H,2-3,5,7-11H2,1H3,(H,16,17)/b6-4+. The summed E-state index contributed by atoms with van der Waals surface area (Å²) in [6.45, 7) is 4.66. The number of hydrogen-bond acceptors (Lipinski definition) is 2. The van der Waals surface area contributed by atoms with E-state index in [2.05, 4.69) is 12.2 Å². The third-order valence-corrected chi connectivity index (χ3v) is 4.16. The van der Waals surface area contributed by atoms with Gasteiger partial charge in [-0.15, -0.1) is 0 Å². The average molecular weight is 251 g/mol. The Labute approximate surface area is 110 Å². The lowest BCUT2D eigenvalue weighted by Crippen LogP contribution is -2.27. The normalized spacial score (nSPS) is 30.8. The number of ether oxygens (including phenoxy) is 1. The summed E-state index contributed by atoms with van der Waals surface area (Å²) in [6.07, 6.45) is 9.80. The minimum absolute atomic E-state index is 0.0461. The molecule has 3 atom stereocenters. The van der Waals surface area contributed by atoms with E-state index in [1.165, 1.54) is 19.3 Å². The second-order valence-electron chi connectivity index (χ2n) is 5.62. The smallest absolute Gasteiger partial charge is 0.243 e. The Morgan fingerprint density at radius 3 is 3.00 bits per heavy atom. The highest BCUT2D eigenvalue weighted by Gasteiger charge is 2.33. The van der Waals surface area contributed by atoms with E-state index in [0.717, 1.165) is 44.4 Å².